The Bertz CT molecular complexity index is 1100. The summed E-state index contributed by atoms with van der Waals surface area (Å²) >= 11 is 5.98. The summed E-state index contributed by atoms with van der Waals surface area (Å²) in [5.41, 5.74) is 1.26. The summed E-state index contributed by atoms with van der Waals surface area (Å²) in [6.07, 6.45) is 6.67. The van der Waals surface area contributed by atoms with E-state index in [0.717, 1.165) is 31.6 Å². The zero-order valence-electron chi connectivity index (χ0n) is 16.4. The molecule has 1 aliphatic rings. The summed E-state index contributed by atoms with van der Waals surface area (Å²) in [5.74, 6) is 0.0692. The fraction of sp³-hybridized carbons (Fsp3) is 0.333. The second-order valence-corrected chi connectivity index (χ2v) is 7.82. The average molecular weight is 427 g/mol. The Kier molecular flexibility index (Phi) is 5.55. The third kappa shape index (κ3) is 4.07. The molecule has 1 aromatic carbocycles. The first-order valence-electron chi connectivity index (χ1n) is 9.74. The van der Waals surface area contributed by atoms with E-state index in [9.17, 15) is 9.18 Å². The van der Waals surface area contributed by atoms with Gasteiger partial charge in [0.25, 0.3) is 5.91 Å². The first-order valence-corrected chi connectivity index (χ1v) is 10.1. The third-order valence-electron chi connectivity index (χ3n) is 5.07. The SMILES string of the molecule is C[C@@H](Cn1ccc(-c2cc(F)c(C#N)c(Cl)c2)n1)NC(=O)c1cn2c(n1)CCCC2. The molecule has 0 aliphatic carbocycles. The number of aryl methyl sites for hydroxylation is 2. The quantitative estimate of drug-likeness (QED) is 0.675. The van der Waals surface area contributed by atoms with Crippen LogP contribution in [0.25, 0.3) is 11.3 Å². The van der Waals surface area contributed by atoms with Crippen LogP contribution in [0.15, 0.2) is 30.6 Å². The van der Waals surface area contributed by atoms with Gasteiger partial charge in [-0.05, 0) is 38.0 Å². The van der Waals surface area contributed by atoms with E-state index in [1.54, 1.807) is 23.0 Å². The number of nitrogens with zero attached hydrogens (tertiary/aromatic N) is 5. The van der Waals surface area contributed by atoms with E-state index in [1.807, 2.05) is 17.7 Å². The van der Waals surface area contributed by atoms with Gasteiger partial charge in [0.1, 0.15) is 29.0 Å². The standard InChI is InChI=1S/C21H20ClFN6O/c1-13(25-21(30)19-12-28-6-3-2-4-20(28)26-19)11-29-7-5-18(27-29)14-8-16(22)15(10-24)17(23)9-14/h5,7-9,12-13H,2-4,6,11H2,1H3,(H,25,30)/t13-/m0/s1. The number of halogens is 2. The molecule has 7 nitrogen and oxygen atoms in total. The molecule has 0 unspecified atom stereocenters. The molecule has 3 heterocycles. The first kappa shape index (κ1) is 20.1. The van der Waals surface area contributed by atoms with Crippen molar-refractivity contribution in [1.29, 1.82) is 5.26 Å². The van der Waals surface area contributed by atoms with Gasteiger partial charge in [0.2, 0.25) is 0 Å². The Morgan fingerprint density at radius 3 is 3.00 bits per heavy atom. The fourth-order valence-corrected chi connectivity index (χ4v) is 3.84. The maximum Gasteiger partial charge on any atom is 0.271 e. The second-order valence-electron chi connectivity index (χ2n) is 7.42. The third-order valence-corrected chi connectivity index (χ3v) is 5.37. The number of imidazole rings is 1. The van der Waals surface area contributed by atoms with Gasteiger partial charge in [0, 0.05) is 37.0 Å². The van der Waals surface area contributed by atoms with Crippen LogP contribution < -0.4 is 5.32 Å². The van der Waals surface area contributed by atoms with Crippen molar-refractivity contribution >= 4 is 17.5 Å². The molecule has 9 heteroatoms. The minimum atomic E-state index is -0.682. The van der Waals surface area contributed by atoms with Gasteiger partial charge in [-0.1, -0.05) is 11.6 Å². The molecule has 1 atom stereocenters. The topological polar surface area (TPSA) is 88.5 Å². The molecular formula is C21H20ClFN6O. The number of fused-ring (bicyclic) bond motifs is 1. The van der Waals surface area contributed by atoms with Gasteiger partial charge in [-0.2, -0.15) is 10.4 Å². The van der Waals surface area contributed by atoms with Crippen LogP contribution in [0.3, 0.4) is 0 Å². The smallest absolute Gasteiger partial charge is 0.271 e. The molecule has 0 radical (unpaired) electrons. The van der Waals surface area contributed by atoms with Crippen molar-refractivity contribution in [2.45, 2.75) is 45.3 Å². The van der Waals surface area contributed by atoms with Crippen molar-refractivity contribution in [1.82, 2.24) is 24.6 Å². The summed E-state index contributed by atoms with van der Waals surface area (Å²) in [4.78, 5) is 17.0. The number of nitriles is 1. The van der Waals surface area contributed by atoms with Gasteiger partial charge in [-0.15, -0.1) is 0 Å². The zero-order valence-corrected chi connectivity index (χ0v) is 17.2. The van der Waals surface area contributed by atoms with Crippen molar-refractivity contribution in [3.05, 3.63) is 58.5 Å². The lowest BCUT2D eigenvalue weighted by Gasteiger charge is -2.13. The van der Waals surface area contributed by atoms with Crippen LogP contribution >= 0.6 is 11.6 Å². The maximum atomic E-state index is 14.0. The fourth-order valence-electron chi connectivity index (χ4n) is 3.59. The predicted molar refractivity (Wildman–Crippen MR) is 109 cm³/mol. The molecule has 3 aromatic rings. The van der Waals surface area contributed by atoms with E-state index in [0.29, 0.717) is 23.5 Å². The second kappa shape index (κ2) is 8.28. The van der Waals surface area contributed by atoms with Gasteiger partial charge in [0.15, 0.2) is 0 Å². The normalized spacial score (nSPS) is 14.1. The maximum absolute atomic E-state index is 14.0. The monoisotopic (exact) mass is 426 g/mol. The van der Waals surface area contributed by atoms with E-state index in [-0.39, 0.29) is 22.5 Å². The van der Waals surface area contributed by atoms with Crippen LogP contribution in [-0.4, -0.2) is 31.3 Å². The van der Waals surface area contributed by atoms with E-state index in [4.69, 9.17) is 16.9 Å². The van der Waals surface area contributed by atoms with Crippen LogP contribution in [0.4, 0.5) is 4.39 Å². The molecule has 4 rings (SSSR count). The van der Waals surface area contributed by atoms with Gasteiger partial charge < -0.3 is 9.88 Å². The van der Waals surface area contributed by atoms with Crippen molar-refractivity contribution < 1.29 is 9.18 Å². The van der Waals surface area contributed by atoms with Crippen molar-refractivity contribution in [3.63, 3.8) is 0 Å². The first-order chi connectivity index (χ1) is 14.4. The Hall–Kier alpha value is -3.18. The van der Waals surface area contributed by atoms with Crippen LogP contribution in [0.2, 0.25) is 5.02 Å². The van der Waals surface area contributed by atoms with Crippen LogP contribution in [0.1, 0.15) is 41.6 Å². The predicted octanol–water partition coefficient (Wildman–Crippen LogP) is 3.57. The number of carbonyl (C=O) groups excluding carboxylic acids is 1. The molecule has 1 aliphatic heterocycles. The number of hydrogen-bond donors (Lipinski definition) is 1. The Balaban J connectivity index is 1.42. The van der Waals surface area contributed by atoms with Gasteiger partial charge in [0.05, 0.1) is 17.3 Å². The Morgan fingerprint density at radius 2 is 2.27 bits per heavy atom. The molecule has 1 amide bonds. The minimum absolute atomic E-state index is 0.0467. The highest BCUT2D eigenvalue weighted by Crippen LogP contribution is 2.26. The highest BCUT2D eigenvalue weighted by atomic mass is 35.5. The molecule has 0 spiro atoms. The summed E-state index contributed by atoms with van der Waals surface area (Å²) in [7, 11) is 0. The molecule has 30 heavy (non-hydrogen) atoms. The molecule has 1 N–H and O–H groups in total. The number of aromatic nitrogens is 4. The van der Waals surface area contributed by atoms with E-state index >= 15 is 0 Å². The number of rotatable bonds is 5. The molecule has 0 fully saturated rings. The summed E-state index contributed by atoms with van der Waals surface area (Å²) in [6.45, 7) is 3.22. The highest BCUT2D eigenvalue weighted by Gasteiger charge is 2.18. The molecule has 0 bridgehead atoms. The molecular weight excluding hydrogens is 407 g/mol. The largest absolute Gasteiger partial charge is 0.346 e. The van der Waals surface area contributed by atoms with E-state index < -0.39 is 5.82 Å². The van der Waals surface area contributed by atoms with Crippen molar-refractivity contribution in [2.24, 2.45) is 0 Å². The lowest BCUT2D eigenvalue weighted by Crippen LogP contribution is -2.36. The average Bonchev–Trinajstić information content (AvgIpc) is 3.34. The number of nitrogens with one attached hydrogen (secondary N) is 1. The lowest BCUT2D eigenvalue weighted by molar-refractivity contribution is 0.0931. The Morgan fingerprint density at radius 1 is 1.43 bits per heavy atom. The van der Waals surface area contributed by atoms with Crippen LogP contribution in [0, 0.1) is 17.1 Å². The number of benzene rings is 1. The van der Waals surface area contributed by atoms with E-state index in [1.165, 1.54) is 12.1 Å². The summed E-state index contributed by atoms with van der Waals surface area (Å²) in [5, 5.41) is 16.4. The highest BCUT2D eigenvalue weighted by molar-refractivity contribution is 6.32. The van der Waals surface area contributed by atoms with Crippen LogP contribution in [0.5, 0.6) is 0 Å². The zero-order chi connectivity index (χ0) is 21.3. The van der Waals surface area contributed by atoms with Crippen molar-refractivity contribution in [3.8, 4) is 17.3 Å². The molecule has 2 aromatic heterocycles. The number of hydrogen-bond acceptors (Lipinski definition) is 4. The van der Waals surface area contributed by atoms with Gasteiger partial charge in [-0.3, -0.25) is 9.48 Å². The van der Waals surface area contributed by atoms with E-state index in [2.05, 4.69) is 15.4 Å². The van der Waals surface area contributed by atoms with Gasteiger partial charge in [-0.25, -0.2) is 9.37 Å². The molecule has 154 valence electrons. The summed E-state index contributed by atoms with van der Waals surface area (Å²) < 4.78 is 17.7. The molecule has 0 saturated carbocycles. The summed E-state index contributed by atoms with van der Waals surface area (Å²) in [6, 6.07) is 6.04. The Labute approximate surface area is 178 Å². The van der Waals surface area contributed by atoms with Crippen molar-refractivity contribution in [2.75, 3.05) is 0 Å². The number of amides is 1. The van der Waals surface area contributed by atoms with Crippen LogP contribution in [-0.2, 0) is 19.5 Å². The lowest BCUT2D eigenvalue weighted by atomic mass is 10.1. The molecule has 0 saturated heterocycles. The minimum Gasteiger partial charge on any atom is -0.346 e. The van der Waals surface area contributed by atoms with Gasteiger partial charge >= 0.3 is 0 Å². The number of carbonyl (C=O) groups is 1.